The molecule has 0 radical (unpaired) electrons. The quantitative estimate of drug-likeness (QED) is 0.627. The molecule has 5 heteroatoms. The first-order valence-electron chi connectivity index (χ1n) is 7.01. The third kappa shape index (κ3) is 1.34. The van der Waals surface area contributed by atoms with Crippen molar-refractivity contribution in [1.29, 1.82) is 0 Å². The second-order valence-electron chi connectivity index (χ2n) is 6.12. The zero-order valence-corrected chi connectivity index (χ0v) is 10.6. The number of carbonyl (C=O) groups is 2. The van der Waals surface area contributed by atoms with Crippen molar-refractivity contribution in [2.75, 3.05) is 6.54 Å². The van der Waals surface area contributed by atoms with Crippen molar-refractivity contribution in [1.82, 2.24) is 4.90 Å². The third-order valence-electron chi connectivity index (χ3n) is 5.17. The van der Waals surface area contributed by atoms with E-state index in [1.807, 2.05) is 11.0 Å². The zero-order chi connectivity index (χ0) is 13.2. The van der Waals surface area contributed by atoms with E-state index in [0.717, 1.165) is 25.7 Å². The molecular weight excluding hydrogens is 246 g/mol. The lowest BCUT2D eigenvalue weighted by molar-refractivity contribution is -0.313. The van der Waals surface area contributed by atoms with Crippen LogP contribution in [0.4, 0.5) is 0 Å². The molecule has 2 saturated heterocycles. The van der Waals surface area contributed by atoms with Crippen molar-refractivity contribution in [3.05, 3.63) is 12.2 Å². The maximum atomic E-state index is 12.6. The number of likely N-dealkylation sites (tertiary alicyclic amines) is 1. The normalized spacial score (nSPS) is 44.3. The fourth-order valence-electron chi connectivity index (χ4n) is 4.32. The van der Waals surface area contributed by atoms with Gasteiger partial charge in [-0.1, -0.05) is 25.0 Å². The molecule has 1 spiro atoms. The molecule has 102 valence electrons. The van der Waals surface area contributed by atoms with Gasteiger partial charge in [-0.25, -0.2) is 0 Å². The molecule has 4 aliphatic rings. The standard InChI is InChI=1S/C14H17NO4/c16-12-11-10(13(17)18)9-5-6-14(11,19-9)7-15(12)8-3-1-2-4-8/h5-6,8-11H,1-4,7H2,(H,17,18)/p-1/t9-,10-,11-,14+/m1/s1. The van der Waals surface area contributed by atoms with Gasteiger partial charge in [-0.05, 0) is 12.8 Å². The van der Waals surface area contributed by atoms with Crippen LogP contribution in [0.1, 0.15) is 25.7 Å². The van der Waals surface area contributed by atoms with E-state index in [4.69, 9.17) is 4.74 Å². The molecule has 0 aromatic carbocycles. The van der Waals surface area contributed by atoms with Crippen LogP contribution >= 0.6 is 0 Å². The van der Waals surface area contributed by atoms with Gasteiger partial charge < -0.3 is 19.5 Å². The summed E-state index contributed by atoms with van der Waals surface area (Å²) in [5.41, 5.74) is -0.699. The first-order chi connectivity index (χ1) is 9.12. The molecule has 1 aliphatic carbocycles. The van der Waals surface area contributed by atoms with E-state index in [1.165, 1.54) is 0 Å². The number of fused-ring (bicyclic) bond motifs is 1. The van der Waals surface area contributed by atoms with Crippen LogP contribution in [-0.2, 0) is 14.3 Å². The van der Waals surface area contributed by atoms with Crippen LogP contribution in [0.25, 0.3) is 0 Å². The lowest BCUT2D eigenvalue weighted by Gasteiger charge is -2.27. The number of ether oxygens (including phenoxy) is 1. The molecule has 1 saturated carbocycles. The maximum absolute atomic E-state index is 12.6. The smallest absolute Gasteiger partial charge is 0.230 e. The van der Waals surface area contributed by atoms with Crippen molar-refractivity contribution in [3.8, 4) is 0 Å². The van der Waals surface area contributed by atoms with Crippen LogP contribution in [0.2, 0.25) is 0 Å². The highest BCUT2D eigenvalue weighted by Crippen LogP contribution is 2.52. The molecule has 19 heavy (non-hydrogen) atoms. The van der Waals surface area contributed by atoms with E-state index in [0.29, 0.717) is 6.54 Å². The van der Waals surface area contributed by atoms with Gasteiger partial charge in [-0.15, -0.1) is 0 Å². The predicted octanol–water partition coefficient (Wildman–Crippen LogP) is -0.539. The highest BCUT2D eigenvalue weighted by molar-refractivity contribution is 5.90. The maximum Gasteiger partial charge on any atom is 0.230 e. The van der Waals surface area contributed by atoms with Gasteiger partial charge in [0.1, 0.15) is 5.60 Å². The Labute approximate surface area is 111 Å². The van der Waals surface area contributed by atoms with Crippen molar-refractivity contribution >= 4 is 11.9 Å². The summed E-state index contributed by atoms with van der Waals surface area (Å²) in [6, 6.07) is 0.269. The predicted molar refractivity (Wildman–Crippen MR) is 62.7 cm³/mol. The Bertz CT molecular complexity index is 482. The summed E-state index contributed by atoms with van der Waals surface area (Å²) >= 11 is 0. The van der Waals surface area contributed by atoms with Gasteiger partial charge in [-0.2, -0.15) is 0 Å². The van der Waals surface area contributed by atoms with Gasteiger partial charge in [0.15, 0.2) is 0 Å². The minimum atomic E-state index is -1.16. The van der Waals surface area contributed by atoms with Crippen LogP contribution in [-0.4, -0.2) is 41.1 Å². The first-order valence-corrected chi connectivity index (χ1v) is 7.01. The number of aliphatic carboxylic acids is 1. The number of nitrogens with zero attached hydrogens (tertiary/aromatic N) is 1. The van der Waals surface area contributed by atoms with Crippen LogP contribution in [0.5, 0.6) is 0 Å². The topological polar surface area (TPSA) is 69.7 Å². The van der Waals surface area contributed by atoms with Crippen LogP contribution in [0.3, 0.4) is 0 Å². The number of hydrogen-bond acceptors (Lipinski definition) is 4. The number of hydrogen-bond donors (Lipinski definition) is 0. The SMILES string of the molecule is O=C([O-])[C@@H]1[C@H]2C=C[C@@]3(CN(C4CCCC4)C(=O)[C@@H]13)O2. The first kappa shape index (κ1) is 11.5. The number of amides is 1. The van der Waals surface area contributed by atoms with Crippen LogP contribution < -0.4 is 5.11 Å². The monoisotopic (exact) mass is 262 g/mol. The summed E-state index contributed by atoms with van der Waals surface area (Å²) in [6.07, 6.45) is 7.54. The van der Waals surface area contributed by atoms with E-state index < -0.39 is 29.5 Å². The number of carboxylic acids is 1. The summed E-state index contributed by atoms with van der Waals surface area (Å²) in [5, 5.41) is 11.3. The summed E-state index contributed by atoms with van der Waals surface area (Å²) in [5.74, 6) is -2.60. The van der Waals surface area contributed by atoms with E-state index in [-0.39, 0.29) is 11.9 Å². The Balaban J connectivity index is 1.69. The van der Waals surface area contributed by atoms with Gasteiger partial charge in [0.2, 0.25) is 5.91 Å². The largest absolute Gasteiger partial charge is 0.550 e. The summed E-state index contributed by atoms with van der Waals surface area (Å²) < 4.78 is 5.82. The van der Waals surface area contributed by atoms with E-state index >= 15 is 0 Å². The minimum Gasteiger partial charge on any atom is -0.550 e. The van der Waals surface area contributed by atoms with Gasteiger partial charge in [0.05, 0.1) is 18.6 Å². The molecule has 3 heterocycles. The molecule has 0 N–H and O–H groups in total. The average molecular weight is 262 g/mol. The number of rotatable bonds is 2. The Kier molecular flexibility index (Phi) is 2.17. The van der Waals surface area contributed by atoms with Crippen molar-refractivity contribution < 1.29 is 19.4 Å². The number of carboxylic acid groups (broad SMARTS) is 1. The molecule has 0 unspecified atom stereocenters. The summed E-state index contributed by atoms with van der Waals surface area (Å²) in [7, 11) is 0. The van der Waals surface area contributed by atoms with Gasteiger partial charge in [-0.3, -0.25) is 4.79 Å². The lowest BCUT2D eigenvalue weighted by atomic mass is 9.77. The Morgan fingerprint density at radius 2 is 2.16 bits per heavy atom. The Morgan fingerprint density at radius 1 is 1.42 bits per heavy atom. The highest BCUT2D eigenvalue weighted by atomic mass is 16.5. The third-order valence-corrected chi connectivity index (χ3v) is 5.17. The summed E-state index contributed by atoms with van der Waals surface area (Å²) in [6.45, 7) is 0.512. The second-order valence-corrected chi connectivity index (χ2v) is 6.12. The van der Waals surface area contributed by atoms with Crippen molar-refractivity contribution in [3.63, 3.8) is 0 Å². The molecule has 5 nitrogen and oxygen atoms in total. The zero-order valence-electron chi connectivity index (χ0n) is 10.6. The Hall–Kier alpha value is -1.36. The molecule has 0 aromatic heterocycles. The molecule has 1 amide bonds. The fraction of sp³-hybridized carbons (Fsp3) is 0.714. The van der Waals surface area contributed by atoms with Crippen LogP contribution in [0.15, 0.2) is 12.2 Å². The molecule has 3 aliphatic heterocycles. The minimum absolute atomic E-state index is 0.0482. The van der Waals surface area contributed by atoms with E-state index in [9.17, 15) is 14.7 Å². The summed E-state index contributed by atoms with van der Waals surface area (Å²) in [4.78, 5) is 25.8. The molecule has 0 aromatic rings. The molecule has 3 fully saturated rings. The van der Waals surface area contributed by atoms with E-state index in [2.05, 4.69) is 0 Å². The molecular formula is C14H16NO4-. The number of carbonyl (C=O) groups excluding carboxylic acids is 2. The van der Waals surface area contributed by atoms with Gasteiger partial charge in [0, 0.05) is 17.9 Å². The molecule has 4 atom stereocenters. The van der Waals surface area contributed by atoms with Gasteiger partial charge >= 0.3 is 0 Å². The molecule has 2 bridgehead atoms. The van der Waals surface area contributed by atoms with Crippen LogP contribution in [0, 0.1) is 11.8 Å². The van der Waals surface area contributed by atoms with Crippen molar-refractivity contribution in [2.24, 2.45) is 11.8 Å². The van der Waals surface area contributed by atoms with Gasteiger partial charge in [0.25, 0.3) is 0 Å². The second kappa shape index (κ2) is 3.60. The fourth-order valence-corrected chi connectivity index (χ4v) is 4.32. The Morgan fingerprint density at radius 3 is 2.84 bits per heavy atom. The highest BCUT2D eigenvalue weighted by Gasteiger charge is 2.65. The lowest BCUT2D eigenvalue weighted by Crippen LogP contribution is -2.45. The average Bonchev–Trinajstić information content (AvgIpc) is 3.09. The molecule has 4 rings (SSSR count). The van der Waals surface area contributed by atoms with Crippen molar-refractivity contribution in [2.45, 2.75) is 43.4 Å². The van der Waals surface area contributed by atoms with E-state index in [1.54, 1.807) is 6.08 Å².